The number of nitrogens with zero attached hydrogens (tertiary/aromatic N) is 3. The SMILES string of the molecule is Cc1csc(CC(O)c2cnn(-c3ccccc3)c2)n1. The Balaban J connectivity index is 1.76. The molecule has 20 heavy (non-hydrogen) atoms. The summed E-state index contributed by atoms with van der Waals surface area (Å²) in [5, 5.41) is 17.5. The number of aliphatic hydroxyl groups excluding tert-OH is 1. The number of thiazole rings is 1. The molecule has 0 saturated carbocycles. The van der Waals surface area contributed by atoms with Crippen LogP contribution in [0.4, 0.5) is 0 Å². The van der Waals surface area contributed by atoms with Gasteiger partial charge in [-0.15, -0.1) is 11.3 Å². The molecule has 1 unspecified atom stereocenters. The summed E-state index contributed by atoms with van der Waals surface area (Å²) in [6.07, 6.45) is 3.52. The summed E-state index contributed by atoms with van der Waals surface area (Å²) in [6.45, 7) is 1.96. The fraction of sp³-hybridized carbons (Fsp3) is 0.200. The van der Waals surface area contributed by atoms with Gasteiger partial charge < -0.3 is 5.11 Å². The number of aliphatic hydroxyl groups is 1. The van der Waals surface area contributed by atoms with Crippen molar-refractivity contribution in [2.45, 2.75) is 19.4 Å². The van der Waals surface area contributed by atoms with E-state index >= 15 is 0 Å². The van der Waals surface area contributed by atoms with Gasteiger partial charge >= 0.3 is 0 Å². The van der Waals surface area contributed by atoms with Crippen molar-refractivity contribution in [2.75, 3.05) is 0 Å². The van der Waals surface area contributed by atoms with E-state index in [1.807, 2.05) is 48.8 Å². The molecule has 1 N–H and O–H groups in total. The third kappa shape index (κ3) is 2.79. The highest BCUT2D eigenvalue weighted by atomic mass is 32.1. The molecule has 3 rings (SSSR count). The lowest BCUT2D eigenvalue weighted by molar-refractivity contribution is 0.178. The van der Waals surface area contributed by atoms with Crippen molar-refractivity contribution in [1.82, 2.24) is 14.8 Å². The highest BCUT2D eigenvalue weighted by Crippen LogP contribution is 2.21. The summed E-state index contributed by atoms with van der Waals surface area (Å²) in [5.74, 6) is 0. The van der Waals surface area contributed by atoms with Crippen LogP contribution in [0.5, 0.6) is 0 Å². The number of aryl methyl sites for hydroxylation is 1. The Labute approximate surface area is 121 Å². The predicted octanol–water partition coefficient (Wildman–Crippen LogP) is 2.91. The van der Waals surface area contributed by atoms with Gasteiger partial charge in [0, 0.05) is 29.3 Å². The summed E-state index contributed by atoms with van der Waals surface area (Å²) in [5.41, 5.74) is 2.79. The topological polar surface area (TPSA) is 50.9 Å². The van der Waals surface area contributed by atoms with Gasteiger partial charge in [0.1, 0.15) is 0 Å². The second-order valence-corrected chi connectivity index (χ2v) is 5.60. The molecule has 102 valence electrons. The number of aromatic nitrogens is 3. The molecular weight excluding hydrogens is 270 g/mol. The van der Waals surface area contributed by atoms with Crippen molar-refractivity contribution in [3.05, 3.63) is 64.4 Å². The molecule has 2 aromatic heterocycles. The molecule has 1 aromatic carbocycles. The summed E-state index contributed by atoms with van der Waals surface area (Å²) in [4.78, 5) is 4.37. The van der Waals surface area contributed by atoms with Crippen molar-refractivity contribution in [3.63, 3.8) is 0 Å². The first-order chi connectivity index (χ1) is 9.72. The quantitative estimate of drug-likeness (QED) is 0.802. The monoisotopic (exact) mass is 285 g/mol. The number of rotatable bonds is 4. The molecule has 0 saturated heterocycles. The van der Waals surface area contributed by atoms with Crippen molar-refractivity contribution < 1.29 is 5.11 Å². The summed E-state index contributed by atoms with van der Waals surface area (Å²) in [7, 11) is 0. The number of hydrogen-bond acceptors (Lipinski definition) is 4. The van der Waals surface area contributed by atoms with Gasteiger partial charge in [-0.1, -0.05) is 18.2 Å². The highest BCUT2D eigenvalue weighted by molar-refractivity contribution is 7.09. The van der Waals surface area contributed by atoms with Crippen LogP contribution in [0.25, 0.3) is 5.69 Å². The van der Waals surface area contributed by atoms with E-state index < -0.39 is 6.10 Å². The van der Waals surface area contributed by atoms with Gasteiger partial charge in [-0.05, 0) is 19.1 Å². The minimum atomic E-state index is -0.571. The molecule has 0 amide bonds. The lowest BCUT2D eigenvalue weighted by Gasteiger charge is -2.05. The van der Waals surface area contributed by atoms with Crippen LogP contribution in [0.15, 0.2) is 48.1 Å². The maximum Gasteiger partial charge on any atom is 0.0957 e. The Morgan fingerprint density at radius 3 is 2.80 bits per heavy atom. The zero-order valence-corrected chi connectivity index (χ0v) is 11.9. The molecular formula is C15H15N3OS. The summed E-state index contributed by atoms with van der Waals surface area (Å²) in [6, 6.07) is 9.85. The van der Waals surface area contributed by atoms with Crippen molar-refractivity contribution in [2.24, 2.45) is 0 Å². The molecule has 4 nitrogen and oxygen atoms in total. The second kappa shape index (κ2) is 5.56. The van der Waals surface area contributed by atoms with Crippen LogP contribution in [0.2, 0.25) is 0 Å². The Hall–Kier alpha value is -1.98. The Morgan fingerprint density at radius 2 is 2.10 bits per heavy atom. The largest absolute Gasteiger partial charge is 0.388 e. The zero-order chi connectivity index (χ0) is 13.9. The minimum Gasteiger partial charge on any atom is -0.388 e. The Kier molecular flexibility index (Phi) is 3.62. The van der Waals surface area contributed by atoms with Gasteiger partial charge in [-0.3, -0.25) is 0 Å². The van der Waals surface area contributed by atoms with Crippen LogP contribution in [0.1, 0.15) is 22.4 Å². The number of hydrogen-bond donors (Lipinski definition) is 1. The normalized spacial score (nSPS) is 12.5. The maximum atomic E-state index is 10.3. The molecule has 1 atom stereocenters. The standard InChI is InChI=1S/C15H15N3OS/c1-11-10-20-15(17-11)7-14(19)12-8-16-18(9-12)13-5-3-2-4-6-13/h2-6,8-10,14,19H,7H2,1H3. The average Bonchev–Trinajstić information content (AvgIpc) is 3.09. The van der Waals surface area contributed by atoms with E-state index in [2.05, 4.69) is 10.1 Å². The van der Waals surface area contributed by atoms with Crippen molar-refractivity contribution in [3.8, 4) is 5.69 Å². The van der Waals surface area contributed by atoms with E-state index in [-0.39, 0.29) is 0 Å². The molecule has 0 aliphatic heterocycles. The first kappa shape index (κ1) is 13.0. The fourth-order valence-corrected chi connectivity index (χ4v) is 2.82. The van der Waals surface area contributed by atoms with Gasteiger partial charge in [0.05, 0.1) is 23.0 Å². The summed E-state index contributed by atoms with van der Waals surface area (Å²) < 4.78 is 1.77. The Morgan fingerprint density at radius 1 is 1.30 bits per heavy atom. The van der Waals surface area contributed by atoms with Gasteiger partial charge in [0.15, 0.2) is 0 Å². The van der Waals surface area contributed by atoms with Gasteiger partial charge in [0.2, 0.25) is 0 Å². The third-order valence-corrected chi connectivity index (χ3v) is 4.03. The van der Waals surface area contributed by atoms with E-state index in [4.69, 9.17) is 0 Å². The lowest BCUT2D eigenvalue weighted by Crippen LogP contribution is -2.00. The van der Waals surface area contributed by atoms with Gasteiger partial charge in [-0.2, -0.15) is 5.10 Å². The lowest BCUT2D eigenvalue weighted by atomic mass is 10.1. The molecule has 0 spiro atoms. The predicted molar refractivity (Wildman–Crippen MR) is 79.1 cm³/mol. The van der Waals surface area contributed by atoms with E-state index in [0.29, 0.717) is 6.42 Å². The zero-order valence-electron chi connectivity index (χ0n) is 11.1. The van der Waals surface area contributed by atoms with Crippen LogP contribution < -0.4 is 0 Å². The smallest absolute Gasteiger partial charge is 0.0957 e. The number of benzene rings is 1. The fourth-order valence-electron chi connectivity index (χ4n) is 2.01. The maximum absolute atomic E-state index is 10.3. The van der Waals surface area contributed by atoms with Crippen LogP contribution in [-0.4, -0.2) is 19.9 Å². The Bertz CT molecular complexity index is 690. The first-order valence-corrected chi connectivity index (χ1v) is 7.29. The number of para-hydroxylation sites is 1. The van der Waals surface area contributed by atoms with Crippen molar-refractivity contribution >= 4 is 11.3 Å². The first-order valence-electron chi connectivity index (χ1n) is 6.41. The van der Waals surface area contributed by atoms with Crippen LogP contribution in [0, 0.1) is 6.92 Å². The highest BCUT2D eigenvalue weighted by Gasteiger charge is 2.13. The molecule has 0 fully saturated rings. The van der Waals surface area contributed by atoms with Crippen LogP contribution in [-0.2, 0) is 6.42 Å². The van der Waals surface area contributed by atoms with Gasteiger partial charge in [-0.25, -0.2) is 9.67 Å². The molecule has 3 aromatic rings. The van der Waals surface area contributed by atoms with E-state index in [1.54, 1.807) is 22.2 Å². The van der Waals surface area contributed by atoms with E-state index in [1.165, 1.54) is 0 Å². The van der Waals surface area contributed by atoms with Crippen molar-refractivity contribution in [1.29, 1.82) is 0 Å². The molecule has 0 bridgehead atoms. The second-order valence-electron chi connectivity index (χ2n) is 4.66. The summed E-state index contributed by atoms with van der Waals surface area (Å²) >= 11 is 1.58. The molecule has 0 aliphatic rings. The van der Waals surface area contributed by atoms with Crippen LogP contribution in [0.3, 0.4) is 0 Å². The third-order valence-electron chi connectivity index (χ3n) is 3.04. The average molecular weight is 285 g/mol. The van der Waals surface area contributed by atoms with E-state index in [9.17, 15) is 5.11 Å². The van der Waals surface area contributed by atoms with Crippen LogP contribution >= 0.6 is 11.3 Å². The molecule has 2 heterocycles. The minimum absolute atomic E-state index is 0.527. The molecule has 0 radical (unpaired) electrons. The van der Waals surface area contributed by atoms with Gasteiger partial charge in [0.25, 0.3) is 0 Å². The molecule has 0 aliphatic carbocycles. The van der Waals surface area contributed by atoms with E-state index in [0.717, 1.165) is 22.0 Å². The molecule has 5 heteroatoms.